The minimum atomic E-state index is -0.900. The fourth-order valence-electron chi connectivity index (χ4n) is 1.78. The fourth-order valence-corrected chi connectivity index (χ4v) is 1.78. The van der Waals surface area contributed by atoms with Crippen molar-refractivity contribution < 1.29 is 9.90 Å². The second kappa shape index (κ2) is 6.52. The fraction of sp³-hybridized carbons (Fsp3) is 0.571. The molecule has 19 heavy (non-hydrogen) atoms. The highest BCUT2D eigenvalue weighted by molar-refractivity contribution is 5.94. The summed E-state index contributed by atoms with van der Waals surface area (Å²) in [5, 5.41) is 12.9. The first kappa shape index (κ1) is 15.4. The summed E-state index contributed by atoms with van der Waals surface area (Å²) in [4.78, 5) is 18.1. The molecule has 5 nitrogen and oxygen atoms in total. The molecule has 0 spiro atoms. The number of amides is 1. The molecule has 1 rings (SSSR count). The lowest BCUT2D eigenvalue weighted by Crippen LogP contribution is -2.42. The molecular formula is C14H23N3O2. The summed E-state index contributed by atoms with van der Waals surface area (Å²) in [5.41, 5.74) is -0.365. The maximum absolute atomic E-state index is 12.3. The Balaban J connectivity index is 2.79. The molecule has 0 bridgehead atoms. The van der Waals surface area contributed by atoms with E-state index in [4.69, 9.17) is 0 Å². The summed E-state index contributed by atoms with van der Waals surface area (Å²) in [5.74, 6) is 0.643. The number of aromatic nitrogens is 1. The lowest BCUT2D eigenvalue weighted by Gasteiger charge is -2.28. The smallest absolute Gasteiger partial charge is 0.255 e. The molecule has 0 aliphatic heterocycles. The third kappa shape index (κ3) is 4.87. The van der Waals surface area contributed by atoms with Gasteiger partial charge < -0.3 is 15.3 Å². The van der Waals surface area contributed by atoms with Crippen LogP contribution in [0.15, 0.2) is 18.3 Å². The standard InChI is InChI=1S/C14H23N3O2/c1-5-15-12-8-7-11(9-16-12)13(18)17(6-2)10-14(3,4)19/h7-9,19H,5-6,10H2,1-4H3,(H,15,16). The van der Waals surface area contributed by atoms with E-state index in [0.29, 0.717) is 18.7 Å². The summed E-state index contributed by atoms with van der Waals surface area (Å²) >= 11 is 0. The zero-order valence-electron chi connectivity index (χ0n) is 12.1. The first-order valence-electron chi connectivity index (χ1n) is 6.59. The van der Waals surface area contributed by atoms with Gasteiger partial charge in [-0.25, -0.2) is 4.98 Å². The largest absolute Gasteiger partial charge is 0.389 e. The maximum Gasteiger partial charge on any atom is 0.255 e. The van der Waals surface area contributed by atoms with Gasteiger partial charge in [0.2, 0.25) is 0 Å². The SMILES string of the molecule is CCNc1ccc(C(=O)N(CC)CC(C)(C)O)cn1. The van der Waals surface area contributed by atoms with Gasteiger partial charge in [0.1, 0.15) is 5.82 Å². The van der Waals surface area contributed by atoms with Crippen LogP contribution in [0.5, 0.6) is 0 Å². The van der Waals surface area contributed by atoms with Crippen molar-refractivity contribution in [1.82, 2.24) is 9.88 Å². The molecule has 0 saturated heterocycles. The van der Waals surface area contributed by atoms with E-state index in [1.807, 2.05) is 13.8 Å². The van der Waals surface area contributed by atoms with E-state index in [-0.39, 0.29) is 5.91 Å². The van der Waals surface area contributed by atoms with Crippen LogP contribution in [-0.4, -0.2) is 46.1 Å². The minimum absolute atomic E-state index is 0.111. The Hall–Kier alpha value is -1.62. The van der Waals surface area contributed by atoms with Crippen LogP contribution in [0.25, 0.3) is 0 Å². The van der Waals surface area contributed by atoms with Gasteiger partial charge >= 0.3 is 0 Å². The first-order valence-corrected chi connectivity index (χ1v) is 6.59. The van der Waals surface area contributed by atoms with Crippen molar-refractivity contribution in [3.8, 4) is 0 Å². The van der Waals surface area contributed by atoms with Crippen LogP contribution in [0.1, 0.15) is 38.1 Å². The Morgan fingerprint density at radius 2 is 2.11 bits per heavy atom. The van der Waals surface area contributed by atoms with Crippen LogP contribution < -0.4 is 5.32 Å². The van der Waals surface area contributed by atoms with Gasteiger partial charge in [-0.15, -0.1) is 0 Å². The van der Waals surface area contributed by atoms with Crippen molar-refractivity contribution in [3.63, 3.8) is 0 Å². The van der Waals surface area contributed by atoms with Crippen LogP contribution >= 0.6 is 0 Å². The van der Waals surface area contributed by atoms with Crippen molar-refractivity contribution in [1.29, 1.82) is 0 Å². The Labute approximate surface area is 114 Å². The molecular weight excluding hydrogens is 242 g/mol. The van der Waals surface area contributed by atoms with Gasteiger partial charge in [-0.2, -0.15) is 0 Å². The van der Waals surface area contributed by atoms with Crippen LogP contribution in [-0.2, 0) is 0 Å². The molecule has 2 N–H and O–H groups in total. The number of rotatable bonds is 6. The third-order valence-electron chi connectivity index (χ3n) is 2.62. The molecule has 0 aliphatic carbocycles. The van der Waals surface area contributed by atoms with Gasteiger partial charge in [0, 0.05) is 25.8 Å². The molecule has 0 atom stereocenters. The number of anilines is 1. The summed E-state index contributed by atoms with van der Waals surface area (Å²) < 4.78 is 0. The molecule has 1 aromatic rings. The van der Waals surface area contributed by atoms with Crippen molar-refractivity contribution in [2.45, 2.75) is 33.3 Å². The van der Waals surface area contributed by atoms with E-state index in [0.717, 1.165) is 12.4 Å². The van der Waals surface area contributed by atoms with Crippen LogP contribution in [0.4, 0.5) is 5.82 Å². The second-order valence-corrected chi connectivity index (χ2v) is 5.09. The highest BCUT2D eigenvalue weighted by Gasteiger charge is 2.22. The average molecular weight is 265 g/mol. The van der Waals surface area contributed by atoms with Gasteiger partial charge in [0.15, 0.2) is 0 Å². The average Bonchev–Trinajstić information content (AvgIpc) is 2.35. The van der Waals surface area contributed by atoms with Crippen LogP contribution in [0.3, 0.4) is 0 Å². The van der Waals surface area contributed by atoms with E-state index in [9.17, 15) is 9.90 Å². The Morgan fingerprint density at radius 1 is 1.42 bits per heavy atom. The van der Waals surface area contributed by atoms with E-state index in [1.54, 1.807) is 37.1 Å². The first-order chi connectivity index (χ1) is 8.87. The topological polar surface area (TPSA) is 65.5 Å². The molecule has 0 saturated carbocycles. The van der Waals surface area contributed by atoms with Gasteiger partial charge in [0.25, 0.3) is 5.91 Å². The molecule has 0 radical (unpaired) electrons. The predicted molar refractivity (Wildman–Crippen MR) is 76.3 cm³/mol. The highest BCUT2D eigenvalue weighted by Crippen LogP contribution is 2.11. The number of nitrogens with zero attached hydrogens (tertiary/aromatic N) is 2. The minimum Gasteiger partial charge on any atom is -0.389 e. The molecule has 0 aromatic carbocycles. The van der Waals surface area contributed by atoms with E-state index >= 15 is 0 Å². The third-order valence-corrected chi connectivity index (χ3v) is 2.62. The second-order valence-electron chi connectivity index (χ2n) is 5.09. The lowest BCUT2D eigenvalue weighted by molar-refractivity contribution is 0.0314. The van der Waals surface area contributed by atoms with E-state index in [2.05, 4.69) is 10.3 Å². The molecule has 5 heteroatoms. The normalized spacial score (nSPS) is 11.2. The van der Waals surface area contributed by atoms with Gasteiger partial charge in [0.05, 0.1) is 11.2 Å². The Kier molecular flexibility index (Phi) is 5.30. The molecule has 106 valence electrons. The molecule has 1 amide bonds. The number of aliphatic hydroxyl groups is 1. The number of hydrogen-bond acceptors (Lipinski definition) is 4. The quantitative estimate of drug-likeness (QED) is 0.822. The Morgan fingerprint density at radius 3 is 2.53 bits per heavy atom. The van der Waals surface area contributed by atoms with Crippen LogP contribution in [0.2, 0.25) is 0 Å². The van der Waals surface area contributed by atoms with Crippen molar-refractivity contribution in [2.24, 2.45) is 0 Å². The maximum atomic E-state index is 12.3. The van der Waals surface area contributed by atoms with Crippen molar-refractivity contribution in [3.05, 3.63) is 23.9 Å². The zero-order valence-corrected chi connectivity index (χ0v) is 12.1. The number of likely N-dealkylation sites (N-methyl/N-ethyl adjacent to an activating group) is 1. The van der Waals surface area contributed by atoms with Gasteiger partial charge in [-0.1, -0.05) is 0 Å². The van der Waals surface area contributed by atoms with E-state index < -0.39 is 5.60 Å². The lowest BCUT2D eigenvalue weighted by atomic mass is 10.1. The predicted octanol–water partition coefficient (Wildman–Crippen LogP) is 1.75. The highest BCUT2D eigenvalue weighted by atomic mass is 16.3. The summed E-state index contributed by atoms with van der Waals surface area (Å²) in [7, 11) is 0. The molecule has 1 heterocycles. The van der Waals surface area contributed by atoms with Crippen molar-refractivity contribution >= 4 is 11.7 Å². The monoisotopic (exact) mass is 265 g/mol. The number of carbonyl (C=O) groups excluding carboxylic acids is 1. The van der Waals surface area contributed by atoms with Crippen LogP contribution in [0, 0.1) is 0 Å². The molecule has 0 fully saturated rings. The zero-order chi connectivity index (χ0) is 14.5. The molecule has 1 aromatic heterocycles. The Bertz CT molecular complexity index is 410. The van der Waals surface area contributed by atoms with Gasteiger partial charge in [-0.3, -0.25) is 4.79 Å². The van der Waals surface area contributed by atoms with E-state index in [1.165, 1.54) is 0 Å². The number of carbonyl (C=O) groups is 1. The number of pyridine rings is 1. The summed E-state index contributed by atoms with van der Waals surface area (Å²) in [6.45, 7) is 8.91. The number of nitrogens with one attached hydrogen (secondary N) is 1. The van der Waals surface area contributed by atoms with Gasteiger partial charge in [-0.05, 0) is 39.8 Å². The summed E-state index contributed by atoms with van der Waals surface area (Å²) in [6.07, 6.45) is 1.56. The summed E-state index contributed by atoms with van der Waals surface area (Å²) in [6, 6.07) is 3.54. The molecule has 0 aliphatic rings. The van der Waals surface area contributed by atoms with Crippen molar-refractivity contribution in [2.75, 3.05) is 25.0 Å². The number of hydrogen-bond donors (Lipinski definition) is 2. The molecule has 0 unspecified atom stereocenters.